The van der Waals surface area contributed by atoms with Gasteiger partial charge in [-0.2, -0.15) is 0 Å². The van der Waals surface area contributed by atoms with Crippen molar-refractivity contribution in [2.24, 2.45) is 0 Å². The molecule has 2 aromatic carbocycles. The minimum atomic E-state index is -0.613. The SMILES string of the molecule is COc1ccc(C(=O)Nc2c(N)nc(SCc3ccc([N+](=O)[O-])cc3)[nH]c2=O)cc1OC. The summed E-state index contributed by atoms with van der Waals surface area (Å²) in [7, 11) is 2.92. The smallest absolute Gasteiger partial charge is 0.277 e. The van der Waals surface area contributed by atoms with Crippen LogP contribution >= 0.6 is 11.8 Å². The van der Waals surface area contributed by atoms with Gasteiger partial charge in [-0.3, -0.25) is 24.7 Å². The molecule has 1 amide bonds. The van der Waals surface area contributed by atoms with Crippen LogP contribution in [-0.4, -0.2) is 35.0 Å². The highest BCUT2D eigenvalue weighted by atomic mass is 32.2. The Morgan fingerprint density at radius 1 is 1.19 bits per heavy atom. The molecule has 166 valence electrons. The number of H-pyrrole nitrogens is 1. The predicted molar refractivity (Wildman–Crippen MR) is 119 cm³/mol. The first-order valence-corrected chi connectivity index (χ1v) is 10.1. The topological polar surface area (TPSA) is 162 Å². The van der Waals surface area contributed by atoms with E-state index < -0.39 is 16.4 Å². The van der Waals surface area contributed by atoms with Crippen LogP contribution in [0.4, 0.5) is 17.2 Å². The van der Waals surface area contributed by atoms with Gasteiger partial charge in [0.15, 0.2) is 22.5 Å². The molecule has 0 atom stereocenters. The number of nitro groups is 1. The van der Waals surface area contributed by atoms with Crippen LogP contribution in [-0.2, 0) is 5.75 Å². The second kappa shape index (κ2) is 9.83. The number of aromatic nitrogens is 2. The van der Waals surface area contributed by atoms with Crippen LogP contribution in [0.3, 0.4) is 0 Å². The van der Waals surface area contributed by atoms with Crippen molar-refractivity contribution in [3.63, 3.8) is 0 Å². The molecule has 0 saturated carbocycles. The summed E-state index contributed by atoms with van der Waals surface area (Å²) >= 11 is 1.19. The highest BCUT2D eigenvalue weighted by molar-refractivity contribution is 7.98. The van der Waals surface area contributed by atoms with Crippen molar-refractivity contribution < 1.29 is 19.2 Å². The maximum Gasteiger partial charge on any atom is 0.277 e. The molecule has 0 bridgehead atoms. The number of benzene rings is 2. The lowest BCUT2D eigenvalue weighted by molar-refractivity contribution is -0.384. The normalized spacial score (nSPS) is 10.4. The van der Waals surface area contributed by atoms with Gasteiger partial charge in [-0.15, -0.1) is 0 Å². The summed E-state index contributed by atoms with van der Waals surface area (Å²) in [6, 6.07) is 10.6. The van der Waals surface area contributed by atoms with Crippen LogP contribution in [0.1, 0.15) is 15.9 Å². The number of nitrogen functional groups attached to an aromatic ring is 1. The molecule has 1 heterocycles. The fourth-order valence-corrected chi connectivity index (χ4v) is 3.51. The van der Waals surface area contributed by atoms with Gasteiger partial charge in [0.1, 0.15) is 5.69 Å². The number of nitrogens with one attached hydrogen (secondary N) is 2. The molecule has 3 rings (SSSR count). The molecule has 0 aliphatic rings. The molecule has 11 nitrogen and oxygen atoms in total. The molecule has 32 heavy (non-hydrogen) atoms. The molecule has 0 aliphatic carbocycles. The Labute approximate surface area is 186 Å². The van der Waals surface area contributed by atoms with E-state index in [1.54, 1.807) is 18.2 Å². The van der Waals surface area contributed by atoms with Crippen molar-refractivity contribution in [1.82, 2.24) is 9.97 Å². The summed E-state index contributed by atoms with van der Waals surface area (Å²) < 4.78 is 10.3. The van der Waals surface area contributed by atoms with E-state index in [1.165, 1.54) is 50.2 Å². The molecular weight excluding hydrogens is 438 g/mol. The van der Waals surface area contributed by atoms with Crippen molar-refractivity contribution in [1.29, 1.82) is 0 Å². The Morgan fingerprint density at radius 3 is 2.47 bits per heavy atom. The maximum absolute atomic E-state index is 12.6. The number of anilines is 2. The Kier molecular flexibility index (Phi) is 6.95. The second-order valence-corrected chi connectivity index (χ2v) is 7.33. The minimum absolute atomic E-state index is 0.0101. The number of hydrogen-bond acceptors (Lipinski definition) is 9. The number of thioether (sulfide) groups is 1. The van der Waals surface area contributed by atoms with E-state index in [4.69, 9.17) is 15.2 Å². The number of rotatable bonds is 8. The van der Waals surface area contributed by atoms with Crippen LogP contribution < -0.4 is 26.1 Å². The molecule has 12 heteroatoms. The van der Waals surface area contributed by atoms with Crippen LogP contribution in [0.5, 0.6) is 11.5 Å². The summed E-state index contributed by atoms with van der Waals surface area (Å²) in [5.41, 5.74) is 6.13. The van der Waals surface area contributed by atoms with Crippen molar-refractivity contribution in [3.05, 3.63) is 74.1 Å². The first-order valence-electron chi connectivity index (χ1n) is 9.11. The number of carbonyl (C=O) groups excluding carboxylic acids is 1. The number of carbonyl (C=O) groups is 1. The third-order valence-corrected chi connectivity index (χ3v) is 5.28. The molecule has 0 radical (unpaired) electrons. The van der Waals surface area contributed by atoms with E-state index in [0.29, 0.717) is 17.3 Å². The van der Waals surface area contributed by atoms with Gasteiger partial charge in [0, 0.05) is 23.4 Å². The average molecular weight is 457 g/mol. The zero-order valence-electron chi connectivity index (χ0n) is 17.1. The van der Waals surface area contributed by atoms with Crippen LogP contribution in [0, 0.1) is 10.1 Å². The molecule has 1 aromatic heterocycles. The van der Waals surface area contributed by atoms with Gasteiger partial charge < -0.3 is 20.5 Å². The summed E-state index contributed by atoms with van der Waals surface area (Å²) in [5, 5.41) is 13.4. The molecule has 4 N–H and O–H groups in total. The van der Waals surface area contributed by atoms with E-state index in [9.17, 15) is 19.7 Å². The highest BCUT2D eigenvalue weighted by Crippen LogP contribution is 2.28. The lowest BCUT2D eigenvalue weighted by Gasteiger charge is -2.11. The predicted octanol–water partition coefficient (Wildman–Crippen LogP) is 2.82. The minimum Gasteiger partial charge on any atom is -0.493 e. The van der Waals surface area contributed by atoms with Gasteiger partial charge in [-0.25, -0.2) is 4.98 Å². The van der Waals surface area contributed by atoms with Crippen molar-refractivity contribution in [2.45, 2.75) is 10.9 Å². The number of ether oxygens (including phenoxy) is 2. The molecule has 0 unspecified atom stereocenters. The molecule has 0 saturated heterocycles. The number of methoxy groups -OCH3 is 2. The number of nitrogens with two attached hydrogens (primary N) is 1. The average Bonchev–Trinajstić information content (AvgIpc) is 2.79. The lowest BCUT2D eigenvalue weighted by atomic mass is 10.2. The number of nitro benzene ring substituents is 1. The summed E-state index contributed by atoms with van der Waals surface area (Å²) in [6.07, 6.45) is 0. The zero-order valence-corrected chi connectivity index (χ0v) is 17.9. The fraction of sp³-hybridized carbons (Fsp3) is 0.150. The molecule has 3 aromatic rings. The monoisotopic (exact) mass is 457 g/mol. The maximum atomic E-state index is 12.6. The van der Waals surface area contributed by atoms with E-state index in [-0.39, 0.29) is 27.9 Å². The number of amides is 1. The van der Waals surface area contributed by atoms with E-state index in [2.05, 4.69) is 15.3 Å². The molecule has 0 aliphatic heterocycles. The highest BCUT2D eigenvalue weighted by Gasteiger charge is 2.16. The van der Waals surface area contributed by atoms with Crippen LogP contribution in [0.2, 0.25) is 0 Å². The number of non-ortho nitro benzene ring substituents is 1. The first kappa shape index (κ1) is 22.6. The second-order valence-electron chi connectivity index (χ2n) is 6.37. The van der Waals surface area contributed by atoms with Gasteiger partial charge in [0.2, 0.25) is 0 Å². The van der Waals surface area contributed by atoms with Gasteiger partial charge >= 0.3 is 0 Å². The Hall–Kier alpha value is -4.06. The zero-order chi connectivity index (χ0) is 23.3. The van der Waals surface area contributed by atoms with Crippen molar-refractivity contribution in [3.8, 4) is 11.5 Å². The van der Waals surface area contributed by atoms with Crippen molar-refractivity contribution in [2.75, 3.05) is 25.3 Å². The number of hydrogen-bond donors (Lipinski definition) is 3. The lowest BCUT2D eigenvalue weighted by Crippen LogP contribution is -2.23. The number of aromatic amines is 1. The summed E-state index contributed by atoms with van der Waals surface area (Å²) in [4.78, 5) is 41.9. The quantitative estimate of drug-likeness (QED) is 0.200. The van der Waals surface area contributed by atoms with E-state index >= 15 is 0 Å². The van der Waals surface area contributed by atoms with Crippen LogP contribution in [0.25, 0.3) is 0 Å². The van der Waals surface area contributed by atoms with Gasteiger partial charge in [0.05, 0.1) is 19.1 Å². The fourth-order valence-electron chi connectivity index (χ4n) is 2.69. The van der Waals surface area contributed by atoms with Crippen LogP contribution in [0.15, 0.2) is 52.4 Å². The van der Waals surface area contributed by atoms with Crippen molar-refractivity contribution >= 4 is 34.9 Å². The number of nitrogens with zero attached hydrogens (tertiary/aromatic N) is 2. The van der Waals surface area contributed by atoms with Gasteiger partial charge in [0.25, 0.3) is 17.2 Å². The Balaban J connectivity index is 1.72. The van der Waals surface area contributed by atoms with Gasteiger partial charge in [-0.05, 0) is 23.8 Å². The summed E-state index contributed by atoms with van der Waals surface area (Å²) in [6.45, 7) is 0. The van der Waals surface area contributed by atoms with Gasteiger partial charge in [-0.1, -0.05) is 23.9 Å². The third-order valence-electron chi connectivity index (χ3n) is 4.33. The van der Waals surface area contributed by atoms with E-state index in [0.717, 1.165) is 5.56 Å². The largest absolute Gasteiger partial charge is 0.493 e. The summed E-state index contributed by atoms with van der Waals surface area (Å²) in [5.74, 6) is 0.498. The third kappa shape index (κ3) is 5.16. The standard InChI is InChI=1S/C20H19N5O6S/c1-30-14-8-5-12(9-15(14)31-2)18(26)22-16-17(21)23-20(24-19(16)27)32-10-11-3-6-13(7-4-11)25(28)29/h3-9H,10H2,1-2H3,(H,22,26)(H3,21,23,24,27). The molecular formula is C20H19N5O6S. The molecule has 0 spiro atoms. The van der Waals surface area contributed by atoms with E-state index in [1.807, 2.05) is 0 Å². The first-order chi connectivity index (χ1) is 15.3. The Morgan fingerprint density at radius 2 is 1.88 bits per heavy atom. The Bertz CT molecular complexity index is 1210. The molecule has 0 fully saturated rings.